The summed E-state index contributed by atoms with van der Waals surface area (Å²) in [6.07, 6.45) is -0.264. The number of aliphatic hydroxyl groups excluding tert-OH is 1. The summed E-state index contributed by atoms with van der Waals surface area (Å²) in [5.41, 5.74) is 4.87. The van der Waals surface area contributed by atoms with Crippen molar-refractivity contribution in [1.82, 2.24) is 9.55 Å². The van der Waals surface area contributed by atoms with E-state index < -0.39 is 24.1 Å². The summed E-state index contributed by atoms with van der Waals surface area (Å²) >= 11 is 0. The highest BCUT2D eigenvalue weighted by molar-refractivity contribution is 5.23. The largest absolute Gasteiger partial charge is 0.386 e. The summed E-state index contributed by atoms with van der Waals surface area (Å²) in [7, 11) is 1.51. The average molecular weight is 255 g/mol. The fourth-order valence-electron chi connectivity index (χ4n) is 2.19. The number of nitrogens with zero attached hydrogens (tertiary/aromatic N) is 2. The van der Waals surface area contributed by atoms with Gasteiger partial charge in [0.2, 0.25) is 0 Å². The summed E-state index contributed by atoms with van der Waals surface area (Å²) in [6, 6.07) is 1.48. The maximum absolute atomic E-state index is 11.7. The van der Waals surface area contributed by atoms with Crippen molar-refractivity contribution in [1.29, 1.82) is 0 Å². The van der Waals surface area contributed by atoms with Gasteiger partial charge in [-0.1, -0.05) is 6.92 Å². The van der Waals surface area contributed by atoms with Gasteiger partial charge in [0, 0.05) is 13.3 Å². The number of rotatable bonds is 3. The van der Waals surface area contributed by atoms with Crippen LogP contribution in [0.25, 0.3) is 0 Å². The minimum Gasteiger partial charge on any atom is -0.386 e. The van der Waals surface area contributed by atoms with Gasteiger partial charge in [0.15, 0.2) is 6.23 Å². The van der Waals surface area contributed by atoms with Crippen LogP contribution in [0.3, 0.4) is 0 Å². The molecule has 1 fully saturated rings. The predicted octanol–water partition coefficient (Wildman–Crippen LogP) is -0.491. The van der Waals surface area contributed by atoms with Crippen molar-refractivity contribution in [2.75, 3.05) is 12.8 Å². The lowest BCUT2D eigenvalue weighted by Gasteiger charge is -2.18. The molecule has 0 bridgehead atoms. The van der Waals surface area contributed by atoms with Gasteiger partial charge in [0.1, 0.15) is 18.0 Å². The zero-order chi connectivity index (χ0) is 13.3. The smallest absolute Gasteiger partial charge is 0.351 e. The van der Waals surface area contributed by atoms with Gasteiger partial charge in [0.05, 0.1) is 6.10 Å². The molecule has 4 atom stereocenters. The highest BCUT2D eigenvalue weighted by Gasteiger charge is 2.44. The molecule has 0 saturated carbocycles. The summed E-state index contributed by atoms with van der Waals surface area (Å²) in [5, 5.41) is 10.1. The standard InChI is InChI=1S/C11H17N3O4/c1-3-6-9(17-2)8(15)10(18-6)14-5-4-7(12)13-11(14)16/h4-6,8-10,15H,3H2,1-2H3,(H2,12,13,16)/t6-,8+,9?,10-/m1/s1. The van der Waals surface area contributed by atoms with E-state index >= 15 is 0 Å². The Hall–Kier alpha value is -1.44. The third kappa shape index (κ3) is 2.12. The number of nitrogens with two attached hydrogens (primary N) is 1. The summed E-state index contributed by atoms with van der Waals surface area (Å²) < 4.78 is 12.1. The fraction of sp³-hybridized carbons (Fsp3) is 0.636. The van der Waals surface area contributed by atoms with Gasteiger partial charge in [-0.3, -0.25) is 4.57 Å². The van der Waals surface area contributed by atoms with Crippen LogP contribution >= 0.6 is 0 Å². The quantitative estimate of drug-likeness (QED) is 0.756. The van der Waals surface area contributed by atoms with Crippen LogP contribution in [0.15, 0.2) is 17.1 Å². The number of anilines is 1. The molecule has 0 aliphatic carbocycles. The predicted molar refractivity (Wildman–Crippen MR) is 63.9 cm³/mol. The third-order valence-corrected chi connectivity index (χ3v) is 3.11. The lowest BCUT2D eigenvalue weighted by Crippen LogP contribution is -2.36. The summed E-state index contributed by atoms with van der Waals surface area (Å²) in [6.45, 7) is 1.93. The van der Waals surface area contributed by atoms with Crippen LogP contribution in [-0.4, -0.2) is 40.1 Å². The highest BCUT2D eigenvalue weighted by atomic mass is 16.6. The number of hydrogen-bond acceptors (Lipinski definition) is 6. The molecule has 1 aromatic heterocycles. The van der Waals surface area contributed by atoms with E-state index in [1.807, 2.05) is 6.92 Å². The van der Waals surface area contributed by atoms with Crippen LogP contribution in [0.4, 0.5) is 5.82 Å². The fourth-order valence-corrected chi connectivity index (χ4v) is 2.19. The third-order valence-electron chi connectivity index (χ3n) is 3.11. The molecule has 1 unspecified atom stereocenters. The molecule has 0 spiro atoms. The van der Waals surface area contributed by atoms with Crippen LogP contribution in [0.1, 0.15) is 19.6 Å². The van der Waals surface area contributed by atoms with E-state index in [4.69, 9.17) is 15.2 Å². The molecule has 0 radical (unpaired) electrons. The number of methoxy groups -OCH3 is 1. The van der Waals surface area contributed by atoms with Crippen LogP contribution < -0.4 is 11.4 Å². The second-order valence-corrected chi connectivity index (χ2v) is 4.21. The Morgan fingerprint density at radius 3 is 2.89 bits per heavy atom. The van der Waals surface area contributed by atoms with E-state index in [9.17, 15) is 9.90 Å². The molecule has 1 aliphatic heterocycles. The van der Waals surface area contributed by atoms with Crippen molar-refractivity contribution in [2.45, 2.75) is 37.9 Å². The van der Waals surface area contributed by atoms with Gasteiger partial charge in [-0.2, -0.15) is 4.98 Å². The van der Waals surface area contributed by atoms with Gasteiger partial charge in [-0.15, -0.1) is 0 Å². The molecular formula is C11H17N3O4. The molecule has 2 heterocycles. The lowest BCUT2D eigenvalue weighted by atomic mass is 10.1. The topological polar surface area (TPSA) is 99.6 Å². The molecule has 18 heavy (non-hydrogen) atoms. The highest BCUT2D eigenvalue weighted by Crippen LogP contribution is 2.31. The monoisotopic (exact) mass is 255 g/mol. The molecule has 3 N–H and O–H groups in total. The Morgan fingerprint density at radius 2 is 2.39 bits per heavy atom. The molecule has 1 aliphatic rings. The minimum atomic E-state index is -0.914. The van der Waals surface area contributed by atoms with Crippen LogP contribution in [0.2, 0.25) is 0 Å². The van der Waals surface area contributed by atoms with Gasteiger partial charge in [-0.25, -0.2) is 4.79 Å². The van der Waals surface area contributed by atoms with Crippen molar-refractivity contribution in [3.8, 4) is 0 Å². The second kappa shape index (κ2) is 5.05. The molecule has 0 amide bonds. The maximum Gasteiger partial charge on any atom is 0.351 e. The van der Waals surface area contributed by atoms with Gasteiger partial charge >= 0.3 is 5.69 Å². The van der Waals surface area contributed by atoms with Crippen molar-refractivity contribution in [3.05, 3.63) is 22.7 Å². The van der Waals surface area contributed by atoms with E-state index in [1.165, 1.54) is 23.9 Å². The Labute approximate surface area is 104 Å². The molecule has 1 aromatic rings. The van der Waals surface area contributed by atoms with E-state index in [1.54, 1.807) is 0 Å². The van der Waals surface area contributed by atoms with Gasteiger partial charge in [-0.05, 0) is 12.5 Å². The van der Waals surface area contributed by atoms with E-state index in [-0.39, 0.29) is 11.9 Å². The van der Waals surface area contributed by atoms with Crippen molar-refractivity contribution < 1.29 is 14.6 Å². The van der Waals surface area contributed by atoms with Crippen molar-refractivity contribution >= 4 is 5.82 Å². The van der Waals surface area contributed by atoms with Crippen LogP contribution in [0.5, 0.6) is 0 Å². The zero-order valence-corrected chi connectivity index (χ0v) is 10.3. The molecular weight excluding hydrogens is 238 g/mol. The number of ether oxygens (including phenoxy) is 2. The Bertz CT molecular complexity index is 476. The molecule has 7 heteroatoms. The first kappa shape index (κ1) is 13.0. The van der Waals surface area contributed by atoms with Crippen molar-refractivity contribution in [3.63, 3.8) is 0 Å². The van der Waals surface area contributed by atoms with Crippen molar-refractivity contribution in [2.24, 2.45) is 0 Å². The molecule has 7 nitrogen and oxygen atoms in total. The molecule has 100 valence electrons. The molecule has 0 aromatic carbocycles. The summed E-state index contributed by atoms with van der Waals surface area (Å²) in [5.74, 6) is 0.138. The average Bonchev–Trinajstić information content (AvgIpc) is 2.66. The zero-order valence-electron chi connectivity index (χ0n) is 10.3. The number of hydrogen-bond donors (Lipinski definition) is 2. The first-order chi connectivity index (χ1) is 8.58. The van der Waals surface area contributed by atoms with Crippen LogP contribution in [-0.2, 0) is 9.47 Å². The first-order valence-electron chi connectivity index (χ1n) is 5.79. The van der Waals surface area contributed by atoms with E-state index in [2.05, 4.69) is 4.98 Å². The van der Waals surface area contributed by atoms with Gasteiger partial charge in [0.25, 0.3) is 0 Å². The number of aromatic nitrogens is 2. The summed E-state index contributed by atoms with van der Waals surface area (Å²) in [4.78, 5) is 15.3. The Kier molecular flexibility index (Phi) is 3.65. The Balaban J connectivity index is 2.32. The van der Waals surface area contributed by atoms with E-state index in [0.717, 1.165) is 0 Å². The van der Waals surface area contributed by atoms with Gasteiger partial charge < -0.3 is 20.3 Å². The SMILES string of the molecule is CC[C@H]1O[C@@H](n2ccc(N)nc2=O)[C@@H](O)C1OC. The normalized spacial score (nSPS) is 31.7. The van der Waals surface area contributed by atoms with Crippen LogP contribution in [0, 0.1) is 0 Å². The number of nitrogen functional groups attached to an aromatic ring is 1. The second-order valence-electron chi connectivity index (χ2n) is 4.21. The lowest BCUT2D eigenvalue weighted by molar-refractivity contribution is -0.0404. The maximum atomic E-state index is 11.7. The Morgan fingerprint density at radius 1 is 1.67 bits per heavy atom. The molecule has 2 rings (SSSR count). The minimum absolute atomic E-state index is 0.138. The van der Waals surface area contributed by atoms with E-state index in [0.29, 0.717) is 6.42 Å². The number of aliphatic hydroxyl groups is 1. The molecule has 1 saturated heterocycles. The first-order valence-corrected chi connectivity index (χ1v) is 5.79.